The molecule has 2 aliphatic carbocycles. The molecule has 2 atom stereocenters. The molecule has 0 bridgehead atoms. The van der Waals surface area contributed by atoms with E-state index >= 15 is 0 Å². The van der Waals surface area contributed by atoms with Gasteiger partial charge in [0.15, 0.2) is 0 Å². The predicted molar refractivity (Wildman–Crippen MR) is 60.8 cm³/mol. The van der Waals surface area contributed by atoms with E-state index in [-0.39, 0.29) is 0 Å². The standard InChI is InChI=1S/C14H22/c1-14(2,3)10-13-11-8-6-4-5-7-9-12(11)13/h11-13H,6-10H2,1-3H3. The van der Waals surface area contributed by atoms with Crippen molar-refractivity contribution in [3.63, 3.8) is 0 Å². The molecule has 14 heavy (non-hydrogen) atoms. The molecule has 78 valence electrons. The van der Waals surface area contributed by atoms with E-state index in [1.807, 2.05) is 0 Å². The summed E-state index contributed by atoms with van der Waals surface area (Å²) in [5.74, 6) is 9.64. The van der Waals surface area contributed by atoms with Crippen LogP contribution in [0.5, 0.6) is 0 Å². The zero-order chi connectivity index (χ0) is 10.2. The van der Waals surface area contributed by atoms with Gasteiger partial charge in [-0.15, -0.1) is 11.8 Å². The van der Waals surface area contributed by atoms with E-state index < -0.39 is 0 Å². The maximum absolute atomic E-state index is 3.28. The lowest BCUT2D eigenvalue weighted by Crippen LogP contribution is -2.06. The van der Waals surface area contributed by atoms with Gasteiger partial charge in [0.05, 0.1) is 0 Å². The summed E-state index contributed by atoms with van der Waals surface area (Å²) in [6.07, 6.45) is 6.47. The third-order valence-corrected chi connectivity index (χ3v) is 3.69. The summed E-state index contributed by atoms with van der Waals surface area (Å²) in [6, 6.07) is 0. The van der Waals surface area contributed by atoms with E-state index in [4.69, 9.17) is 0 Å². The van der Waals surface area contributed by atoms with Crippen molar-refractivity contribution in [2.45, 2.75) is 52.9 Å². The molecule has 2 aliphatic rings. The van der Waals surface area contributed by atoms with Crippen LogP contribution in [0.2, 0.25) is 0 Å². The monoisotopic (exact) mass is 190 g/mol. The fourth-order valence-electron chi connectivity index (χ4n) is 3.04. The number of rotatable bonds is 1. The fourth-order valence-corrected chi connectivity index (χ4v) is 3.04. The molecule has 0 radical (unpaired) electrons. The Labute approximate surface area is 88.5 Å². The lowest BCUT2D eigenvalue weighted by atomic mass is 9.88. The maximum atomic E-state index is 3.28. The van der Waals surface area contributed by atoms with E-state index in [9.17, 15) is 0 Å². The van der Waals surface area contributed by atoms with Crippen molar-refractivity contribution < 1.29 is 0 Å². The van der Waals surface area contributed by atoms with Crippen molar-refractivity contribution in [1.29, 1.82) is 0 Å². The molecular formula is C14H22. The van der Waals surface area contributed by atoms with Crippen LogP contribution in [0.25, 0.3) is 0 Å². The minimum absolute atomic E-state index is 0.520. The van der Waals surface area contributed by atoms with Gasteiger partial charge in [0.1, 0.15) is 0 Å². The summed E-state index contributed by atoms with van der Waals surface area (Å²) in [6.45, 7) is 7.11. The molecule has 0 aliphatic heterocycles. The largest absolute Gasteiger partial charge is 0.103 e. The first-order chi connectivity index (χ1) is 6.58. The molecule has 0 amide bonds. The zero-order valence-corrected chi connectivity index (χ0v) is 9.77. The molecule has 0 heteroatoms. The highest BCUT2D eigenvalue weighted by Crippen LogP contribution is 2.56. The summed E-state index contributed by atoms with van der Waals surface area (Å²) in [4.78, 5) is 0. The Balaban J connectivity index is 1.88. The van der Waals surface area contributed by atoms with Crippen LogP contribution < -0.4 is 0 Å². The predicted octanol–water partition coefficient (Wildman–Crippen LogP) is 3.86. The van der Waals surface area contributed by atoms with Crippen LogP contribution in [0.4, 0.5) is 0 Å². The molecule has 2 rings (SSSR count). The highest BCUT2D eigenvalue weighted by atomic mass is 14.5. The second-order valence-electron chi connectivity index (χ2n) is 6.19. The van der Waals surface area contributed by atoms with Crippen molar-refractivity contribution in [2.75, 3.05) is 0 Å². The van der Waals surface area contributed by atoms with Gasteiger partial charge in [-0.2, -0.15) is 0 Å². The summed E-state index contributed by atoms with van der Waals surface area (Å²) in [5.41, 5.74) is 0.520. The quantitative estimate of drug-likeness (QED) is 0.551. The Morgan fingerprint density at radius 3 is 1.93 bits per heavy atom. The second-order valence-corrected chi connectivity index (χ2v) is 6.19. The molecule has 1 fully saturated rings. The Morgan fingerprint density at radius 2 is 1.50 bits per heavy atom. The number of hydrogen-bond donors (Lipinski definition) is 0. The molecule has 0 heterocycles. The third kappa shape index (κ3) is 2.32. The van der Waals surface area contributed by atoms with Gasteiger partial charge in [0, 0.05) is 12.8 Å². The van der Waals surface area contributed by atoms with Crippen LogP contribution in [0.15, 0.2) is 0 Å². The molecule has 0 aromatic carbocycles. The summed E-state index contributed by atoms with van der Waals surface area (Å²) >= 11 is 0. The lowest BCUT2D eigenvalue weighted by molar-refractivity contribution is 0.336. The smallest absolute Gasteiger partial charge is 0.00915 e. The van der Waals surface area contributed by atoms with E-state index in [0.717, 1.165) is 30.6 Å². The summed E-state index contributed by atoms with van der Waals surface area (Å²) in [7, 11) is 0. The Kier molecular flexibility index (Phi) is 2.60. The number of fused-ring (bicyclic) bond motifs is 1. The molecule has 0 N–H and O–H groups in total. The number of hydrogen-bond acceptors (Lipinski definition) is 0. The van der Waals surface area contributed by atoms with Gasteiger partial charge in [0.25, 0.3) is 0 Å². The van der Waals surface area contributed by atoms with Crippen molar-refractivity contribution in [1.82, 2.24) is 0 Å². The van der Waals surface area contributed by atoms with Gasteiger partial charge in [0.2, 0.25) is 0 Å². The van der Waals surface area contributed by atoms with Crippen LogP contribution in [0, 0.1) is 35.0 Å². The fraction of sp³-hybridized carbons (Fsp3) is 0.857. The summed E-state index contributed by atoms with van der Waals surface area (Å²) in [5, 5.41) is 0. The molecule has 1 saturated carbocycles. The van der Waals surface area contributed by atoms with Gasteiger partial charge in [-0.05, 0) is 42.4 Å². The Bertz CT molecular complexity index is 240. The minimum atomic E-state index is 0.520. The molecule has 0 spiro atoms. The normalized spacial score (nSPS) is 36.1. The van der Waals surface area contributed by atoms with Crippen molar-refractivity contribution >= 4 is 0 Å². The minimum Gasteiger partial charge on any atom is -0.103 e. The average molecular weight is 190 g/mol. The summed E-state index contributed by atoms with van der Waals surface area (Å²) < 4.78 is 0. The third-order valence-electron chi connectivity index (χ3n) is 3.69. The Morgan fingerprint density at radius 1 is 1.00 bits per heavy atom. The molecular weight excluding hydrogens is 168 g/mol. The molecule has 0 nitrogen and oxygen atoms in total. The second kappa shape index (κ2) is 3.61. The van der Waals surface area contributed by atoms with Crippen molar-refractivity contribution in [3.8, 4) is 11.8 Å². The van der Waals surface area contributed by atoms with Gasteiger partial charge in [-0.1, -0.05) is 20.8 Å². The molecule has 0 aromatic heterocycles. The van der Waals surface area contributed by atoms with E-state index in [2.05, 4.69) is 32.6 Å². The lowest BCUT2D eigenvalue weighted by Gasteiger charge is -2.17. The molecule has 2 unspecified atom stereocenters. The molecule has 0 saturated heterocycles. The van der Waals surface area contributed by atoms with Crippen LogP contribution in [0.3, 0.4) is 0 Å². The van der Waals surface area contributed by atoms with Crippen LogP contribution in [-0.2, 0) is 0 Å². The molecule has 0 aromatic rings. The van der Waals surface area contributed by atoms with Gasteiger partial charge in [-0.25, -0.2) is 0 Å². The first kappa shape index (κ1) is 10.1. The Hall–Kier alpha value is -0.440. The van der Waals surface area contributed by atoms with Gasteiger partial charge < -0.3 is 0 Å². The zero-order valence-electron chi connectivity index (χ0n) is 9.77. The highest BCUT2D eigenvalue weighted by Gasteiger charge is 2.49. The maximum Gasteiger partial charge on any atom is 0.00915 e. The van der Waals surface area contributed by atoms with E-state index in [0.29, 0.717) is 5.41 Å². The van der Waals surface area contributed by atoms with Crippen molar-refractivity contribution in [3.05, 3.63) is 0 Å². The van der Waals surface area contributed by atoms with Crippen molar-refractivity contribution in [2.24, 2.45) is 23.2 Å². The average Bonchev–Trinajstić information content (AvgIpc) is 2.55. The first-order valence-electron chi connectivity index (χ1n) is 6.04. The highest BCUT2D eigenvalue weighted by molar-refractivity contribution is 5.08. The van der Waals surface area contributed by atoms with E-state index in [1.165, 1.54) is 19.3 Å². The van der Waals surface area contributed by atoms with Crippen LogP contribution in [-0.4, -0.2) is 0 Å². The van der Waals surface area contributed by atoms with Gasteiger partial charge >= 0.3 is 0 Å². The van der Waals surface area contributed by atoms with Crippen LogP contribution >= 0.6 is 0 Å². The van der Waals surface area contributed by atoms with E-state index in [1.54, 1.807) is 0 Å². The van der Waals surface area contributed by atoms with Crippen LogP contribution in [0.1, 0.15) is 52.9 Å². The SMILES string of the molecule is CC(C)(C)CC1C2CCC#CCCC21. The van der Waals surface area contributed by atoms with Gasteiger partial charge in [-0.3, -0.25) is 0 Å². The topological polar surface area (TPSA) is 0 Å². The first-order valence-corrected chi connectivity index (χ1v) is 6.04.